The van der Waals surface area contributed by atoms with E-state index in [1.54, 1.807) is 0 Å². The van der Waals surface area contributed by atoms with E-state index >= 15 is 0 Å². The van der Waals surface area contributed by atoms with Crippen LogP contribution in [-0.2, 0) is 0 Å². The number of nitrogens with zero attached hydrogens (tertiary/aromatic N) is 2. The molecule has 1 heterocycles. The topological polar surface area (TPSA) is 38.0 Å². The summed E-state index contributed by atoms with van der Waals surface area (Å²) in [5.74, 6) is 0.462. The van der Waals surface area contributed by atoms with Crippen molar-refractivity contribution in [3.63, 3.8) is 0 Å². The Morgan fingerprint density at radius 3 is 2.47 bits per heavy atom. The highest BCUT2D eigenvalue weighted by atomic mass is 32.1. The molecule has 0 saturated carbocycles. The molecule has 0 aliphatic heterocycles. The summed E-state index contributed by atoms with van der Waals surface area (Å²) in [6.45, 7) is 2.02. The molecule has 0 spiro atoms. The molecule has 0 unspecified atom stereocenters. The number of para-hydroxylation sites is 1. The fourth-order valence-electron chi connectivity index (χ4n) is 2.01. The minimum Gasteiger partial charge on any atom is -0.426 e. The van der Waals surface area contributed by atoms with Gasteiger partial charge in [0, 0.05) is 10.9 Å². The normalized spacial score (nSPS) is 10.8. The maximum Gasteiger partial charge on any atom is 0.177 e. The summed E-state index contributed by atoms with van der Waals surface area (Å²) in [6, 6.07) is 15.3. The van der Waals surface area contributed by atoms with Gasteiger partial charge in [-0.3, -0.25) is 0 Å². The average Bonchev–Trinajstić information content (AvgIpc) is 2.44. The number of aromatic nitrogens is 2. The maximum atomic E-state index is 10.2. The van der Waals surface area contributed by atoms with Crippen molar-refractivity contribution < 1.29 is 5.21 Å². The Morgan fingerprint density at radius 2 is 1.74 bits per heavy atom. The number of hydrogen-bond donors (Lipinski definition) is 1. The third-order valence-corrected chi connectivity index (χ3v) is 3.46. The van der Waals surface area contributed by atoms with Gasteiger partial charge >= 0.3 is 0 Å². The van der Waals surface area contributed by atoms with Crippen LogP contribution in [0.25, 0.3) is 22.3 Å². The first kappa shape index (κ1) is 11.9. The molecule has 0 radical (unpaired) electrons. The summed E-state index contributed by atoms with van der Waals surface area (Å²) in [5.41, 5.74) is 2.78. The summed E-state index contributed by atoms with van der Waals surface area (Å²) in [4.78, 5) is 4.48. The molecule has 3 rings (SSSR count). The largest absolute Gasteiger partial charge is 0.426 e. The van der Waals surface area contributed by atoms with Crippen molar-refractivity contribution in [2.24, 2.45) is 0 Å². The second-order valence-corrected chi connectivity index (χ2v) is 4.82. The van der Waals surface area contributed by atoms with Gasteiger partial charge in [0.15, 0.2) is 10.5 Å². The third kappa shape index (κ3) is 2.00. The van der Waals surface area contributed by atoms with Crippen LogP contribution >= 0.6 is 12.2 Å². The van der Waals surface area contributed by atoms with Gasteiger partial charge in [-0.15, -0.1) is 0 Å². The van der Waals surface area contributed by atoms with Gasteiger partial charge in [0.25, 0.3) is 0 Å². The average molecular weight is 268 g/mol. The van der Waals surface area contributed by atoms with E-state index in [-0.39, 0.29) is 0 Å². The van der Waals surface area contributed by atoms with Crippen molar-refractivity contribution in [2.45, 2.75) is 6.92 Å². The highest BCUT2D eigenvalue weighted by molar-refractivity contribution is 7.71. The lowest BCUT2D eigenvalue weighted by Gasteiger charge is -2.09. The molecular weight excluding hydrogens is 256 g/mol. The van der Waals surface area contributed by atoms with Crippen LogP contribution in [0.3, 0.4) is 0 Å². The zero-order chi connectivity index (χ0) is 13.4. The number of benzene rings is 2. The number of fused-ring (bicyclic) bond motifs is 1. The van der Waals surface area contributed by atoms with Crippen LogP contribution in [0.1, 0.15) is 5.56 Å². The lowest BCUT2D eigenvalue weighted by atomic mass is 10.1. The molecule has 94 valence electrons. The minimum atomic E-state index is 0.376. The molecule has 0 saturated heterocycles. The van der Waals surface area contributed by atoms with Crippen LogP contribution < -0.4 is 0 Å². The third-order valence-electron chi connectivity index (χ3n) is 3.06. The van der Waals surface area contributed by atoms with Gasteiger partial charge < -0.3 is 5.21 Å². The molecule has 0 fully saturated rings. The molecule has 0 amide bonds. The van der Waals surface area contributed by atoms with Crippen molar-refractivity contribution in [3.8, 4) is 11.4 Å². The first-order chi connectivity index (χ1) is 9.16. The number of rotatable bonds is 1. The van der Waals surface area contributed by atoms with Crippen LogP contribution in [0.4, 0.5) is 0 Å². The molecule has 0 bridgehead atoms. The van der Waals surface area contributed by atoms with Crippen LogP contribution in [0.15, 0.2) is 48.5 Å². The standard InChI is InChI=1S/C15H12N2OS/c1-10-6-8-11(9-7-10)14-16-13-5-3-2-4-12(13)15(19)17(14)18/h2-9,18H,1H3. The van der Waals surface area contributed by atoms with Gasteiger partial charge in [-0.25, -0.2) is 4.98 Å². The van der Waals surface area contributed by atoms with E-state index in [9.17, 15) is 5.21 Å². The molecule has 1 aromatic heterocycles. The predicted octanol–water partition coefficient (Wildman–Crippen LogP) is 3.98. The van der Waals surface area contributed by atoms with E-state index in [1.807, 2.05) is 55.5 Å². The monoisotopic (exact) mass is 268 g/mol. The van der Waals surface area contributed by atoms with Crippen molar-refractivity contribution in [1.29, 1.82) is 0 Å². The molecule has 3 aromatic rings. The second-order valence-electron chi connectivity index (χ2n) is 4.44. The second kappa shape index (κ2) is 4.48. The van der Waals surface area contributed by atoms with Crippen LogP contribution in [0.5, 0.6) is 0 Å². The zero-order valence-corrected chi connectivity index (χ0v) is 11.2. The molecule has 2 aromatic carbocycles. The van der Waals surface area contributed by atoms with E-state index in [4.69, 9.17) is 12.2 Å². The molecular formula is C15H12N2OS. The Bertz CT molecular complexity index is 806. The Kier molecular flexibility index (Phi) is 2.80. The Balaban J connectivity index is 2.33. The highest BCUT2D eigenvalue weighted by Gasteiger charge is 2.09. The van der Waals surface area contributed by atoms with Crippen molar-refractivity contribution >= 4 is 23.1 Å². The lowest BCUT2D eigenvalue weighted by molar-refractivity contribution is 0.184. The summed E-state index contributed by atoms with van der Waals surface area (Å²) in [7, 11) is 0. The van der Waals surface area contributed by atoms with Gasteiger partial charge in [-0.1, -0.05) is 54.2 Å². The molecule has 19 heavy (non-hydrogen) atoms. The molecule has 0 atom stereocenters. The predicted molar refractivity (Wildman–Crippen MR) is 77.9 cm³/mol. The van der Waals surface area contributed by atoms with Crippen molar-refractivity contribution in [1.82, 2.24) is 9.71 Å². The van der Waals surface area contributed by atoms with E-state index in [0.717, 1.165) is 26.8 Å². The lowest BCUT2D eigenvalue weighted by Crippen LogP contribution is -2.03. The molecule has 4 heteroatoms. The minimum absolute atomic E-state index is 0.376. The summed E-state index contributed by atoms with van der Waals surface area (Å²) >= 11 is 5.28. The van der Waals surface area contributed by atoms with Crippen LogP contribution in [0, 0.1) is 11.6 Å². The van der Waals surface area contributed by atoms with Crippen molar-refractivity contribution in [3.05, 3.63) is 58.7 Å². The fraction of sp³-hybridized carbons (Fsp3) is 0.0667. The van der Waals surface area contributed by atoms with E-state index < -0.39 is 0 Å². The van der Waals surface area contributed by atoms with E-state index in [2.05, 4.69) is 4.98 Å². The van der Waals surface area contributed by atoms with Gasteiger partial charge in [0.2, 0.25) is 0 Å². The summed E-state index contributed by atoms with van der Waals surface area (Å²) < 4.78 is 1.35. The number of aryl methyl sites for hydroxylation is 1. The Hall–Kier alpha value is -2.20. The van der Waals surface area contributed by atoms with Gasteiger partial charge in [0.1, 0.15) is 0 Å². The molecule has 3 nitrogen and oxygen atoms in total. The maximum absolute atomic E-state index is 10.2. The Morgan fingerprint density at radius 1 is 1.05 bits per heavy atom. The van der Waals surface area contributed by atoms with E-state index in [1.165, 1.54) is 0 Å². The zero-order valence-electron chi connectivity index (χ0n) is 10.4. The van der Waals surface area contributed by atoms with Gasteiger partial charge in [-0.2, -0.15) is 4.73 Å². The van der Waals surface area contributed by atoms with Crippen LogP contribution in [-0.4, -0.2) is 14.9 Å². The van der Waals surface area contributed by atoms with Crippen molar-refractivity contribution in [2.75, 3.05) is 0 Å². The summed E-state index contributed by atoms with van der Waals surface area (Å²) in [6.07, 6.45) is 0. The number of hydrogen-bond acceptors (Lipinski definition) is 3. The van der Waals surface area contributed by atoms with Gasteiger partial charge in [0.05, 0.1) is 5.52 Å². The SMILES string of the molecule is Cc1ccc(-c2nc3ccccc3c(=S)n2O)cc1. The quantitative estimate of drug-likeness (QED) is 0.536. The molecule has 0 aliphatic rings. The summed E-state index contributed by atoms with van der Waals surface area (Å²) in [5, 5.41) is 10.9. The highest BCUT2D eigenvalue weighted by Crippen LogP contribution is 2.22. The van der Waals surface area contributed by atoms with Crippen LogP contribution in [0.2, 0.25) is 0 Å². The van der Waals surface area contributed by atoms with Gasteiger partial charge in [-0.05, 0) is 19.1 Å². The molecule has 1 N–H and O–H groups in total. The Labute approximate surface area is 115 Å². The smallest absolute Gasteiger partial charge is 0.177 e. The first-order valence-corrected chi connectivity index (χ1v) is 6.36. The first-order valence-electron chi connectivity index (χ1n) is 5.95. The fourth-order valence-corrected chi connectivity index (χ4v) is 2.27. The van der Waals surface area contributed by atoms with E-state index in [0.29, 0.717) is 10.5 Å². The molecule has 0 aliphatic carbocycles.